The highest BCUT2D eigenvalue weighted by molar-refractivity contribution is 9.11. The van der Waals surface area contributed by atoms with E-state index in [0.717, 1.165) is 25.8 Å². The molecule has 1 unspecified atom stereocenters. The van der Waals surface area contributed by atoms with Crippen molar-refractivity contribution in [3.63, 3.8) is 0 Å². The van der Waals surface area contributed by atoms with Crippen LogP contribution >= 0.6 is 31.9 Å². The third-order valence-corrected chi connectivity index (χ3v) is 4.34. The second-order valence-electron chi connectivity index (χ2n) is 5.19. The normalized spacial score (nSPS) is 15.8. The SMILES string of the molecule is NNC(c1ccc(OC2CC2)cc1)c1cc(Br)cc(Br)c1. The van der Waals surface area contributed by atoms with Gasteiger partial charge >= 0.3 is 0 Å². The van der Waals surface area contributed by atoms with Gasteiger partial charge in [0.2, 0.25) is 0 Å². The number of benzene rings is 2. The number of ether oxygens (including phenoxy) is 1. The van der Waals surface area contributed by atoms with Crippen LogP contribution in [0.25, 0.3) is 0 Å². The van der Waals surface area contributed by atoms with Gasteiger partial charge in [-0.25, -0.2) is 5.43 Å². The molecule has 1 aliphatic rings. The van der Waals surface area contributed by atoms with Crippen LogP contribution < -0.4 is 16.0 Å². The molecule has 5 heteroatoms. The Labute approximate surface area is 141 Å². The van der Waals surface area contributed by atoms with Gasteiger partial charge in [0.15, 0.2) is 0 Å². The van der Waals surface area contributed by atoms with Gasteiger partial charge in [-0.3, -0.25) is 5.84 Å². The molecule has 0 bridgehead atoms. The molecule has 21 heavy (non-hydrogen) atoms. The van der Waals surface area contributed by atoms with Crippen molar-refractivity contribution < 1.29 is 4.74 Å². The predicted molar refractivity (Wildman–Crippen MR) is 91.1 cm³/mol. The molecule has 0 spiro atoms. The summed E-state index contributed by atoms with van der Waals surface area (Å²) in [7, 11) is 0. The highest BCUT2D eigenvalue weighted by Crippen LogP contribution is 2.30. The van der Waals surface area contributed by atoms with Crippen LogP contribution in [0.4, 0.5) is 0 Å². The summed E-state index contributed by atoms with van der Waals surface area (Å²) in [5.74, 6) is 6.68. The first-order valence-electron chi connectivity index (χ1n) is 6.84. The number of hydrogen-bond acceptors (Lipinski definition) is 3. The van der Waals surface area contributed by atoms with Gasteiger partial charge in [0.05, 0.1) is 12.1 Å². The molecule has 1 saturated carbocycles. The number of hydrazine groups is 1. The standard InChI is InChI=1S/C16H16Br2N2O/c17-12-7-11(8-13(18)9-12)16(20-19)10-1-3-14(4-2-10)21-15-5-6-15/h1-4,7-9,15-16,20H,5-6,19H2. The topological polar surface area (TPSA) is 47.3 Å². The maximum atomic E-state index is 5.77. The van der Waals surface area contributed by atoms with E-state index in [1.807, 2.05) is 18.2 Å². The zero-order valence-electron chi connectivity index (χ0n) is 11.4. The fraction of sp³-hybridized carbons (Fsp3) is 0.250. The summed E-state index contributed by atoms with van der Waals surface area (Å²) >= 11 is 7.02. The summed E-state index contributed by atoms with van der Waals surface area (Å²) in [5.41, 5.74) is 5.07. The van der Waals surface area contributed by atoms with Crippen LogP contribution in [0.2, 0.25) is 0 Å². The maximum absolute atomic E-state index is 5.77. The summed E-state index contributed by atoms with van der Waals surface area (Å²) in [6.07, 6.45) is 2.75. The largest absolute Gasteiger partial charge is 0.490 e. The molecular formula is C16H16Br2N2O. The third kappa shape index (κ3) is 3.86. The smallest absolute Gasteiger partial charge is 0.119 e. The van der Waals surface area contributed by atoms with E-state index in [1.165, 1.54) is 12.8 Å². The van der Waals surface area contributed by atoms with Crippen LogP contribution in [0.15, 0.2) is 51.4 Å². The molecule has 1 fully saturated rings. The zero-order chi connectivity index (χ0) is 14.8. The number of halogens is 2. The van der Waals surface area contributed by atoms with Gasteiger partial charge < -0.3 is 4.74 Å². The molecule has 3 N–H and O–H groups in total. The molecule has 0 radical (unpaired) electrons. The van der Waals surface area contributed by atoms with Crippen LogP contribution in [0, 0.1) is 0 Å². The van der Waals surface area contributed by atoms with Gasteiger partial charge in [-0.15, -0.1) is 0 Å². The van der Waals surface area contributed by atoms with Crippen molar-refractivity contribution in [1.82, 2.24) is 5.43 Å². The Morgan fingerprint density at radius 1 is 1.00 bits per heavy atom. The molecule has 2 aromatic rings. The van der Waals surface area contributed by atoms with E-state index in [-0.39, 0.29) is 6.04 Å². The van der Waals surface area contributed by atoms with Crippen molar-refractivity contribution in [2.75, 3.05) is 0 Å². The minimum Gasteiger partial charge on any atom is -0.490 e. The summed E-state index contributed by atoms with van der Waals surface area (Å²) in [4.78, 5) is 0. The van der Waals surface area contributed by atoms with Crippen LogP contribution in [0.5, 0.6) is 5.75 Å². The molecular weight excluding hydrogens is 396 g/mol. The van der Waals surface area contributed by atoms with E-state index >= 15 is 0 Å². The predicted octanol–water partition coefficient (Wildman–Crippen LogP) is 4.31. The first-order chi connectivity index (χ1) is 10.2. The number of nitrogens with two attached hydrogens (primary N) is 1. The van der Waals surface area contributed by atoms with Gasteiger partial charge in [0.25, 0.3) is 0 Å². The van der Waals surface area contributed by atoms with E-state index in [0.29, 0.717) is 6.10 Å². The lowest BCUT2D eigenvalue weighted by atomic mass is 9.99. The van der Waals surface area contributed by atoms with E-state index < -0.39 is 0 Å². The minimum absolute atomic E-state index is 0.0613. The van der Waals surface area contributed by atoms with Crippen LogP contribution in [0.1, 0.15) is 30.0 Å². The number of rotatable bonds is 5. The lowest BCUT2D eigenvalue weighted by molar-refractivity contribution is 0.303. The third-order valence-electron chi connectivity index (χ3n) is 3.43. The molecule has 110 valence electrons. The van der Waals surface area contributed by atoms with Crippen molar-refractivity contribution in [2.24, 2.45) is 5.84 Å². The van der Waals surface area contributed by atoms with Gasteiger partial charge in [0.1, 0.15) is 5.75 Å². The first-order valence-corrected chi connectivity index (χ1v) is 8.43. The Balaban J connectivity index is 1.84. The van der Waals surface area contributed by atoms with Gasteiger partial charge in [-0.05, 0) is 54.3 Å². The molecule has 2 aromatic carbocycles. The Morgan fingerprint density at radius 3 is 2.14 bits per heavy atom. The van der Waals surface area contributed by atoms with Crippen LogP contribution in [-0.2, 0) is 0 Å². The lowest BCUT2D eigenvalue weighted by Crippen LogP contribution is -2.28. The van der Waals surface area contributed by atoms with Crippen molar-refractivity contribution in [2.45, 2.75) is 25.0 Å². The monoisotopic (exact) mass is 410 g/mol. The average molecular weight is 412 g/mol. The van der Waals surface area contributed by atoms with Crippen molar-refractivity contribution in [1.29, 1.82) is 0 Å². The van der Waals surface area contributed by atoms with Crippen LogP contribution in [0.3, 0.4) is 0 Å². The fourth-order valence-corrected chi connectivity index (χ4v) is 3.57. The lowest BCUT2D eigenvalue weighted by Gasteiger charge is -2.18. The second kappa shape index (κ2) is 6.48. The van der Waals surface area contributed by atoms with Crippen molar-refractivity contribution in [3.8, 4) is 5.75 Å². The van der Waals surface area contributed by atoms with Crippen molar-refractivity contribution in [3.05, 3.63) is 62.5 Å². The summed E-state index contributed by atoms with van der Waals surface area (Å²) in [5, 5.41) is 0. The molecule has 1 aliphatic carbocycles. The van der Waals surface area contributed by atoms with E-state index in [2.05, 4.69) is 61.6 Å². The van der Waals surface area contributed by atoms with Gasteiger partial charge in [-0.2, -0.15) is 0 Å². The minimum atomic E-state index is -0.0613. The molecule has 0 aliphatic heterocycles. The Morgan fingerprint density at radius 2 is 1.62 bits per heavy atom. The molecule has 3 rings (SSSR count). The van der Waals surface area contributed by atoms with E-state index in [4.69, 9.17) is 10.6 Å². The first kappa shape index (κ1) is 15.0. The quantitative estimate of drug-likeness (QED) is 0.569. The Hall–Kier alpha value is -0.880. The molecule has 0 aromatic heterocycles. The summed E-state index contributed by atoms with van der Waals surface area (Å²) < 4.78 is 7.80. The summed E-state index contributed by atoms with van der Waals surface area (Å²) in [6, 6.07) is 14.2. The highest BCUT2D eigenvalue weighted by Gasteiger charge is 2.23. The van der Waals surface area contributed by atoms with E-state index in [9.17, 15) is 0 Å². The molecule has 1 atom stereocenters. The second-order valence-corrected chi connectivity index (χ2v) is 7.02. The molecule has 0 heterocycles. The number of hydrogen-bond donors (Lipinski definition) is 2. The van der Waals surface area contributed by atoms with Crippen LogP contribution in [-0.4, -0.2) is 6.10 Å². The van der Waals surface area contributed by atoms with E-state index in [1.54, 1.807) is 0 Å². The molecule has 0 amide bonds. The Bertz CT molecular complexity index is 606. The zero-order valence-corrected chi connectivity index (χ0v) is 14.5. The maximum Gasteiger partial charge on any atom is 0.119 e. The van der Waals surface area contributed by atoms with Gasteiger partial charge in [-0.1, -0.05) is 44.0 Å². The van der Waals surface area contributed by atoms with Crippen molar-refractivity contribution >= 4 is 31.9 Å². The average Bonchev–Trinajstić information content (AvgIpc) is 3.24. The molecule has 0 saturated heterocycles. The fourth-order valence-electron chi connectivity index (χ4n) is 2.24. The summed E-state index contributed by atoms with van der Waals surface area (Å²) in [6.45, 7) is 0. The molecule has 3 nitrogen and oxygen atoms in total. The number of nitrogens with one attached hydrogen (secondary N) is 1. The highest BCUT2D eigenvalue weighted by atomic mass is 79.9. The Kier molecular flexibility index (Phi) is 4.64. The van der Waals surface area contributed by atoms with Gasteiger partial charge in [0, 0.05) is 8.95 Å².